The second-order valence-corrected chi connectivity index (χ2v) is 6.41. The van der Waals surface area contributed by atoms with Gasteiger partial charge in [-0.2, -0.15) is 0 Å². The predicted octanol–water partition coefficient (Wildman–Crippen LogP) is 3.17. The lowest BCUT2D eigenvalue weighted by atomic mass is 10.1. The first kappa shape index (κ1) is 14.2. The fraction of sp³-hybridized carbons (Fsp3) is 0.385. The van der Waals surface area contributed by atoms with E-state index in [9.17, 15) is 9.59 Å². The lowest BCUT2D eigenvalue weighted by Crippen LogP contribution is -2.25. The van der Waals surface area contributed by atoms with Crippen molar-refractivity contribution in [3.8, 4) is 0 Å². The van der Waals surface area contributed by atoms with Crippen molar-refractivity contribution >= 4 is 46.4 Å². The van der Waals surface area contributed by atoms with Crippen LogP contribution in [0.3, 0.4) is 0 Å². The Labute approximate surface area is 121 Å². The lowest BCUT2D eigenvalue weighted by molar-refractivity contribution is -0.120. The first-order valence-electron chi connectivity index (χ1n) is 5.81. The van der Waals surface area contributed by atoms with Gasteiger partial charge in [-0.15, -0.1) is 23.2 Å². The van der Waals surface area contributed by atoms with E-state index in [1.807, 2.05) is 0 Å². The molecule has 1 aliphatic rings. The number of alkyl halides is 2. The fourth-order valence-corrected chi connectivity index (χ4v) is 2.46. The van der Waals surface area contributed by atoms with Crippen LogP contribution < -0.4 is 10.6 Å². The summed E-state index contributed by atoms with van der Waals surface area (Å²) in [7, 11) is 0. The van der Waals surface area contributed by atoms with Crippen LogP contribution in [-0.4, -0.2) is 16.1 Å². The van der Waals surface area contributed by atoms with E-state index in [4.69, 9.17) is 23.2 Å². The van der Waals surface area contributed by atoms with Crippen molar-refractivity contribution < 1.29 is 9.59 Å². The highest BCUT2D eigenvalue weighted by Gasteiger charge is 2.67. The molecule has 0 aromatic heterocycles. The number of nitrogens with one attached hydrogen (secondary N) is 2. The summed E-state index contributed by atoms with van der Waals surface area (Å²) < 4.78 is -0.979. The summed E-state index contributed by atoms with van der Waals surface area (Å²) in [5, 5.41) is 5.41. The van der Waals surface area contributed by atoms with Crippen molar-refractivity contribution in [2.75, 3.05) is 10.6 Å². The molecule has 2 amide bonds. The fourth-order valence-electron chi connectivity index (χ4n) is 1.76. The predicted molar refractivity (Wildman–Crippen MR) is 76.5 cm³/mol. The second kappa shape index (κ2) is 4.69. The summed E-state index contributed by atoms with van der Waals surface area (Å²) in [6.07, 6.45) is 0.443. The Hall–Kier alpha value is -1.26. The zero-order valence-corrected chi connectivity index (χ0v) is 12.1. The van der Waals surface area contributed by atoms with E-state index >= 15 is 0 Å². The highest BCUT2D eigenvalue weighted by molar-refractivity contribution is 6.53. The van der Waals surface area contributed by atoms with E-state index in [0.717, 1.165) is 0 Å². The summed E-state index contributed by atoms with van der Waals surface area (Å²) in [5.41, 5.74) is 0.565. The van der Waals surface area contributed by atoms with Crippen LogP contribution in [0.1, 0.15) is 20.3 Å². The molecule has 0 radical (unpaired) electrons. The molecular weight excluding hydrogens is 287 g/mol. The Bertz CT molecular complexity index is 528. The molecule has 1 aliphatic carbocycles. The van der Waals surface area contributed by atoms with Crippen molar-refractivity contribution in [1.82, 2.24) is 0 Å². The molecule has 2 N–H and O–H groups in total. The Kier molecular flexibility index (Phi) is 3.49. The number of hydrogen-bond acceptors (Lipinski definition) is 2. The van der Waals surface area contributed by atoms with Crippen LogP contribution in [0.15, 0.2) is 24.3 Å². The van der Waals surface area contributed by atoms with Gasteiger partial charge in [0.2, 0.25) is 11.8 Å². The molecule has 1 atom stereocenters. The lowest BCUT2D eigenvalue weighted by Gasteiger charge is -2.13. The summed E-state index contributed by atoms with van der Waals surface area (Å²) in [6, 6.07) is 6.83. The highest BCUT2D eigenvalue weighted by Crippen LogP contribution is 2.64. The number of halogens is 2. The van der Waals surface area contributed by atoms with Crippen molar-refractivity contribution in [1.29, 1.82) is 0 Å². The number of carbonyl (C=O) groups is 2. The van der Waals surface area contributed by atoms with Crippen LogP contribution >= 0.6 is 23.2 Å². The quantitative estimate of drug-likeness (QED) is 0.842. The first-order chi connectivity index (χ1) is 8.74. The van der Waals surface area contributed by atoms with Gasteiger partial charge < -0.3 is 10.6 Å². The molecule has 19 heavy (non-hydrogen) atoms. The molecule has 0 bridgehead atoms. The molecule has 0 aliphatic heterocycles. The third-order valence-electron chi connectivity index (χ3n) is 3.22. The van der Waals surface area contributed by atoms with Gasteiger partial charge in [0, 0.05) is 18.3 Å². The number of benzene rings is 1. The first-order valence-corrected chi connectivity index (χ1v) is 6.57. The van der Waals surface area contributed by atoms with Gasteiger partial charge in [-0.25, -0.2) is 0 Å². The number of amides is 2. The van der Waals surface area contributed by atoms with Crippen LogP contribution in [0.25, 0.3) is 0 Å². The van der Waals surface area contributed by atoms with Gasteiger partial charge in [0.15, 0.2) is 0 Å². The third-order valence-corrected chi connectivity index (χ3v) is 4.32. The molecule has 0 saturated heterocycles. The molecule has 0 unspecified atom stereocenters. The topological polar surface area (TPSA) is 58.2 Å². The van der Waals surface area contributed by atoms with Crippen LogP contribution in [0.4, 0.5) is 11.4 Å². The van der Waals surface area contributed by atoms with E-state index in [1.165, 1.54) is 6.92 Å². The molecule has 102 valence electrons. The number of rotatable bonds is 3. The molecule has 4 nitrogen and oxygen atoms in total. The monoisotopic (exact) mass is 300 g/mol. The van der Waals surface area contributed by atoms with Crippen LogP contribution in [-0.2, 0) is 9.59 Å². The smallest absolute Gasteiger partial charge is 0.233 e. The number of hydrogen-bond donors (Lipinski definition) is 2. The Morgan fingerprint density at radius 2 is 1.53 bits per heavy atom. The van der Waals surface area contributed by atoms with Gasteiger partial charge in [-0.05, 0) is 37.6 Å². The van der Waals surface area contributed by atoms with Crippen molar-refractivity contribution in [3.63, 3.8) is 0 Å². The molecule has 1 aromatic rings. The number of carbonyl (C=O) groups excluding carboxylic acids is 2. The Morgan fingerprint density at radius 1 is 1.11 bits per heavy atom. The molecule has 0 spiro atoms. The van der Waals surface area contributed by atoms with E-state index in [0.29, 0.717) is 17.8 Å². The van der Waals surface area contributed by atoms with E-state index < -0.39 is 9.75 Å². The zero-order valence-electron chi connectivity index (χ0n) is 10.6. The molecule has 1 saturated carbocycles. The molecule has 6 heteroatoms. The normalized spacial score (nSPS) is 23.6. The minimum atomic E-state index is -0.979. The summed E-state index contributed by atoms with van der Waals surface area (Å²) in [5.74, 6) is -0.346. The van der Waals surface area contributed by atoms with Crippen molar-refractivity contribution in [3.05, 3.63) is 24.3 Å². The Balaban J connectivity index is 2.01. The van der Waals surface area contributed by atoms with Crippen LogP contribution in [0, 0.1) is 5.41 Å². The maximum absolute atomic E-state index is 12.0. The van der Waals surface area contributed by atoms with Crippen LogP contribution in [0.5, 0.6) is 0 Å². The van der Waals surface area contributed by atoms with Gasteiger partial charge in [-0.1, -0.05) is 0 Å². The van der Waals surface area contributed by atoms with E-state index in [-0.39, 0.29) is 11.8 Å². The average Bonchev–Trinajstić information content (AvgIpc) is 2.82. The number of anilines is 2. The third kappa shape index (κ3) is 2.85. The summed E-state index contributed by atoms with van der Waals surface area (Å²) in [6.45, 7) is 3.16. The van der Waals surface area contributed by atoms with Gasteiger partial charge >= 0.3 is 0 Å². The summed E-state index contributed by atoms with van der Waals surface area (Å²) in [4.78, 5) is 22.9. The standard InChI is InChI=1S/C13H14Cl2N2O2/c1-8(18)16-9-3-5-10(6-4-9)17-11(19)12(2)7-13(12,14)15/h3-6H,7H2,1-2H3,(H,16,18)(H,17,19)/t12-/m1/s1. The average molecular weight is 301 g/mol. The highest BCUT2D eigenvalue weighted by atomic mass is 35.5. The van der Waals surface area contributed by atoms with Gasteiger partial charge in [0.05, 0.1) is 5.41 Å². The minimum absolute atomic E-state index is 0.142. The maximum Gasteiger partial charge on any atom is 0.233 e. The molecular formula is C13H14Cl2N2O2. The van der Waals surface area contributed by atoms with Crippen LogP contribution in [0.2, 0.25) is 0 Å². The molecule has 0 heterocycles. The largest absolute Gasteiger partial charge is 0.326 e. The maximum atomic E-state index is 12.0. The van der Waals surface area contributed by atoms with E-state index in [2.05, 4.69) is 10.6 Å². The SMILES string of the molecule is CC(=O)Nc1ccc(NC(=O)[C@@]2(C)CC2(Cl)Cl)cc1. The van der Waals surface area contributed by atoms with Crippen molar-refractivity contribution in [2.24, 2.45) is 5.41 Å². The van der Waals surface area contributed by atoms with Gasteiger partial charge in [0.25, 0.3) is 0 Å². The van der Waals surface area contributed by atoms with Crippen molar-refractivity contribution in [2.45, 2.75) is 24.6 Å². The zero-order chi connectivity index (χ0) is 14.3. The van der Waals surface area contributed by atoms with E-state index in [1.54, 1.807) is 31.2 Å². The second-order valence-electron chi connectivity index (χ2n) is 4.93. The molecule has 2 rings (SSSR count). The van der Waals surface area contributed by atoms with Gasteiger partial charge in [-0.3, -0.25) is 9.59 Å². The summed E-state index contributed by atoms with van der Waals surface area (Å²) >= 11 is 11.9. The minimum Gasteiger partial charge on any atom is -0.326 e. The molecule has 1 aromatic carbocycles. The molecule has 1 fully saturated rings. The Morgan fingerprint density at radius 3 is 1.89 bits per heavy atom. The van der Waals surface area contributed by atoms with Gasteiger partial charge in [0.1, 0.15) is 4.33 Å².